The minimum atomic E-state index is -0.908. The van der Waals surface area contributed by atoms with Crippen molar-refractivity contribution in [1.82, 2.24) is 15.1 Å². The summed E-state index contributed by atoms with van der Waals surface area (Å²) in [5, 5.41) is 22.6. The summed E-state index contributed by atoms with van der Waals surface area (Å²) in [6.45, 7) is 7.61. The van der Waals surface area contributed by atoms with Crippen LogP contribution in [0.25, 0.3) is 22.8 Å². The van der Waals surface area contributed by atoms with Gasteiger partial charge in [-0.3, -0.25) is 4.98 Å². The number of rotatable bonds is 8. The molecule has 0 saturated carbocycles. The Morgan fingerprint density at radius 3 is 2.41 bits per heavy atom. The maximum absolute atomic E-state index is 9.51. The Balaban J connectivity index is 1.87. The molecule has 0 aliphatic heterocycles. The number of aromatic nitrogens is 3. The fourth-order valence-electron chi connectivity index (χ4n) is 3.24. The Morgan fingerprint density at radius 1 is 1.03 bits per heavy atom. The van der Waals surface area contributed by atoms with Crippen molar-refractivity contribution < 1.29 is 19.5 Å². The van der Waals surface area contributed by atoms with Gasteiger partial charge in [-0.15, -0.1) is 0 Å². The summed E-state index contributed by atoms with van der Waals surface area (Å²) in [7, 11) is 0. The van der Waals surface area contributed by atoms with Gasteiger partial charge >= 0.3 is 0 Å². The first-order valence-corrected chi connectivity index (χ1v) is 9.76. The highest BCUT2D eigenvalue weighted by Crippen LogP contribution is 2.30. The molecular formula is C22H27N3O4. The summed E-state index contributed by atoms with van der Waals surface area (Å²) in [5.74, 6) is 1.64. The summed E-state index contributed by atoms with van der Waals surface area (Å²) < 4.78 is 11.2. The second-order valence-corrected chi connectivity index (χ2v) is 7.25. The molecule has 0 unspecified atom stereocenters. The van der Waals surface area contributed by atoms with E-state index in [4.69, 9.17) is 14.4 Å². The number of aliphatic hydroxyl groups excluding tert-OH is 2. The van der Waals surface area contributed by atoms with Gasteiger partial charge in [0.05, 0.1) is 6.61 Å². The first-order chi connectivity index (χ1) is 13.9. The molecular weight excluding hydrogens is 370 g/mol. The zero-order valence-electron chi connectivity index (χ0n) is 17.3. The van der Waals surface area contributed by atoms with Crippen LogP contribution in [0.1, 0.15) is 35.9 Å². The Labute approximate surface area is 170 Å². The van der Waals surface area contributed by atoms with Gasteiger partial charge in [0, 0.05) is 22.5 Å². The Hall–Kier alpha value is -2.77. The van der Waals surface area contributed by atoms with E-state index in [0.717, 1.165) is 46.5 Å². The standard InChI is InChI=1S/C22H27N3O4/c1-5-6-18-10-17(9-15(4)23-18)22-24-21(25-29-22)16-7-13(2)20(14(3)8-16)28-12-19(27)11-26/h7-10,19,26-27H,5-6,11-12H2,1-4H3/t19-/m1/s1. The average Bonchev–Trinajstić information content (AvgIpc) is 3.17. The molecule has 0 saturated heterocycles. The molecule has 0 aliphatic carbocycles. The van der Waals surface area contributed by atoms with Gasteiger partial charge in [0.2, 0.25) is 5.82 Å². The average molecular weight is 397 g/mol. The Bertz CT molecular complexity index is 961. The second-order valence-electron chi connectivity index (χ2n) is 7.25. The third kappa shape index (κ3) is 4.99. The summed E-state index contributed by atoms with van der Waals surface area (Å²) in [5.41, 5.74) is 5.41. The highest BCUT2D eigenvalue weighted by molar-refractivity contribution is 5.63. The van der Waals surface area contributed by atoms with E-state index in [1.807, 2.05) is 45.0 Å². The van der Waals surface area contributed by atoms with Crippen LogP contribution in [0.3, 0.4) is 0 Å². The predicted molar refractivity (Wildman–Crippen MR) is 110 cm³/mol. The zero-order chi connectivity index (χ0) is 21.0. The molecule has 0 fully saturated rings. The van der Waals surface area contributed by atoms with Crippen molar-refractivity contribution in [2.45, 2.75) is 46.6 Å². The molecule has 29 heavy (non-hydrogen) atoms. The number of hydrogen-bond donors (Lipinski definition) is 2. The van der Waals surface area contributed by atoms with Gasteiger partial charge in [-0.05, 0) is 62.6 Å². The van der Waals surface area contributed by atoms with Gasteiger partial charge < -0.3 is 19.5 Å². The van der Waals surface area contributed by atoms with E-state index >= 15 is 0 Å². The lowest BCUT2D eigenvalue weighted by molar-refractivity contribution is 0.0532. The Kier molecular flexibility index (Phi) is 6.61. The molecule has 0 aliphatic rings. The number of aryl methyl sites for hydroxylation is 4. The minimum Gasteiger partial charge on any atom is -0.490 e. The van der Waals surface area contributed by atoms with Crippen molar-refractivity contribution in [3.63, 3.8) is 0 Å². The van der Waals surface area contributed by atoms with Crippen LogP contribution in [0.2, 0.25) is 0 Å². The van der Waals surface area contributed by atoms with E-state index in [0.29, 0.717) is 17.5 Å². The Morgan fingerprint density at radius 2 is 1.76 bits per heavy atom. The molecule has 154 valence electrons. The van der Waals surface area contributed by atoms with E-state index in [-0.39, 0.29) is 13.2 Å². The quantitative estimate of drug-likeness (QED) is 0.600. The minimum absolute atomic E-state index is 0.0331. The molecule has 0 bridgehead atoms. The van der Waals surface area contributed by atoms with Crippen molar-refractivity contribution >= 4 is 0 Å². The smallest absolute Gasteiger partial charge is 0.258 e. The van der Waals surface area contributed by atoms with Crippen LogP contribution >= 0.6 is 0 Å². The second kappa shape index (κ2) is 9.15. The van der Waals surface area contributed by atoms with Gasteiger partial charge in [0.25, 0.3) is 5.89 Å². The topological polar surface area (TPSA) is 102 Å². The molecule has 0 amide bonds. The van der Waals surface area contributed by atoms with Crippen LogP contribution in [-0.4, -0.2) is 44.7 Å². The van der Waals surface area contributed by atoms with Gasteiger partial charge in [-0.25, -0.2) is 0 Å². The molecule has 3 aromatic rings. The van der Waals surface area contributed by atoms with Crippen molar-refractivity contribution in [1.29, 1.82) is 0 Å². The molecule has 2 N–H and O–H groups in total. The summed E-state index contributed by atoms with van der Waals surface area (Å²) in [6, 6.07) is 7.77. The summed E-state index contributed by atoms with van der Waals surface area (Å²) in [6.07, 6.45) is 1.02. The van der Waals surface area contributed by atoms with Gasteiger partial charge in [-0.1, -0.05) is 18.5 Å². The zero-order valence-corrected chi connectivity index (χ0v) is 17.3. The predicted octanol–water partition coefficient (Wildman–Crippen LogP) is 3.41. The fraction of sp³-hybridized carbons (Fsp3) is 0.409. The van der Waals surface area contributed by atoms with Crippen LogP contribution in [0.15, 0.2) is 28.8 Å². The molecule has 1 atom stereocenters. The lowest BCUT2D eigenvalue weighted by atomic mass is 10.1. The molecule has 1 aromatic carbocycles. The molecule has 7 heteroatoms. The number of nitrogens with zero attached hydrogens (tertiary/aromatic N) is 3. The maximum atomic E-state index is 9.51. The van der Waals surface area contributed by atoms with Gasteiger partial charge in [0.1, 0.15) is 18.5 Å². The van der Waals surface area contributed by atoms with Crippen LogP contribution < -0.4 is 4.74 Å². The lowest BCUT2D eigenvalue weighted by Gasteiger charge is -2.15. The van der Waals surface area contributed by atoms with E-state index < -0.39 is 6.10 Å². The van der Waals surface area contributed by atoms with Gasteiger partial charge in [0.15, 0.2) is 0 Å². The van der Waals surface area contributed by atoms with Crippen molar-refractivity contribution in [2.75, 3.05) is 13.2 Å². The molecule has 2 heterocycles. The monoisotopic (exact) mass is 397 g/mol. The SMILES string of the molecule is CCCc1cc(-c2nc(-c3cc(C)c(OC[C@H](O)CO)c(C)c3)no2)cc(C)n1. The van der Waals surface area contributed by atoms with E-state index in [9.17, 15) is 5.11 Å². The third-order valence-corrected chi connectivity index (χ3v) is 4.53. The van der Waals surface area contributed by atoms with Crippen LogP contribution in [-0.2, 0) is 6.42 Å². The normalized spacial score (nSPS) is 12.2. The molecule has 7 nitrogen and oxygen atoms in total. The third-order valence-electron chi connectivity index (χ3n) is 4.53. The highest BCUT2D eigenvalue weighted by atomic mass is 16.5. The summed E-state index contributed by atoms with van der Waals surface area (Å²) in [4.78, 5) is 9.12. The van der Waals surface area contributed by atoms with Crippen LogP contribution in [0.4, 0.5) is 0 Å². The molecule has 3 rings (SSSR count). The molecule has 2 aromatic heterocycles. The maximum Gasteiger partial charge on any atom is 0.258 e. The number of ether oxygens (including phenoxy) is 1. The molecule has 0 spiro atoms. The van der Waals surface area contributed by atoms with Gasteiger partial charge in [-0.2, -0.15) is 4.98 Å². The molecule has 0 radical (unpaired) electrons. The van der Waals surface area contributed by atoms with E-state index in [2.05, 4.69) is 22.0 Å². The van der Waals surface area contributed by atoms with Crippen LogP contribution in [0.5, 0.6) is 5.75 Å². The largest absolute Gasteiger partial charge is 0.490 e. The number of hydrogen-bond acceptors (Lipinski definition) is 7. The van der Waals surface area contributed by atoms with E-state index in [1.165, 1.54) is 0 Å². The van der Waals surface area contributed by atoms with Crippen molar-refractivity contribution in [3.05, 3.63) is 46.8 Å². The van der Waals surface area contributed by atoms with Crippen molar-refractivity contribution in [3.8, 4) is 28.6 Å². The number of benzene rings is 1. The van der Waals surface area contributed by atoms with E-state index in [1.54, 1.807) is 0 Å². The fourth-order valence-corrected chi connectivity index (χ4v) is 3.24. The van der Waals surface area contributed by atoms with Crippen LogP contribution in [0, 0.1) is 20.8 Å². The number of pyridine rings is 1. The number of aliphatic hydroxyl groups is 2. The lowest BCUT2D eigenvalue weighted by Crippen LogP contribution is -2.21. The first-order valence-electron chi connectivity index (χ1n) is 9.76. The van der Waals surface area contributed by atoms with Crippen molar-refractivity contribution in [2.24, 2.45) is 0 Å². The summed E-state index contributed by atoms with van der Waals surface area (Å²) >= 11 is 0. The highest BCUT2D eigenvalue weighted by Gasteiger charge is 2.15. The first kappa shape index (κ1) is 21.0.